The van der Waals surface area contributed by atoms with Gasteiger partial charge in [-0.15, -0.1) is 0 Å². The Labute approximate surface area is 176 Å². The van der Waals surface area contributed by atoms with Crippen LogP contribution in [0.15, 0.2) is 56.7 Å². The van der Waals surface area contributed by atoms with E-state index in [1.807, 2.05) is 6.92 Å². The van der Waals surface area contributed by atoms with E-state index in [0.717, 1.165) is 11.3 Å². The largest absolute Gasteiger partial charge is 0.497 e. The summed E-state index contributed by atoms with van der Waals surface area (Å²) in [4.78, 5) is 16.2. The topological polar surface area (TPSA) is 116 Å². The molecule has 1 N–H and O–H groups in total. The number of nitrogens with one attached hydrogen (secondary N) is 1. The molecule has 0 fully saturated rings. The van der Waals surface area contributed by atoms with Crippen molar-refractivity contribution in [3.63, 3.8) is 0 Å². The van der Waals surface area contributed by atoms with Gasteiger partial charge in [-0.1, -0.05) is 28.6 Å². The molecular weight excluding hydrogens is 428 g/mol. The normalized spacial score (nSPS) is 11.8. The number of hydrogen-bond acceptors (Lipinski definition) is 8. The summed E-state index contributed by atoms with van der Waals surface area (Å²) in [5.41, 5.74) is 1.40. The van der Waals surface area contributed by atoms with E-state index in [9.17, 15) is 13.2 Å². The monoisotopic (exact) mass is 446 g/mol. The van der Waals surface area contributed by atoms with Crippen LogP contribution in [0, 0.1) is 0 Å². The van der Waals surface area contributed by atoms with Crippen molar-refractivity contribution in [3.8, 4) is 17.1 Å². The van der Waals surface area contributed by atoms with Gasteiger partial charge in [0.25, 0.3) is 0 Å². The number of thiazole rings is 1. The summed E-state index contributed by atoms with van der Waals surface area (Å²) in [5, 5.41) is 3.89. The zero-order chi connectivity index (χ0) is 21.3. The van der Waals surface area contributed by atoms with Crippen molar-refractivity contribution >= 4 is 31.6 Å². The molecule has 0 amide bonds. The fourth-order valence-corrected chi connectivity index (χ4v) is 5.03. The highest BCUT2D eigenvalue weighted by Crippen LogP contribution is 2.23. The number of aromatic nitrogens is 3. The van der Waals surface area contributed by atoms with Gasteiger partial charge in [-0.25, -0.2) is 13.1 Å². The Kier molecular flexibility index (Phi) is 5.41. The van der Waals surface area contributed by atoms with Crippen LogP contribution in [0.5, 0.6) is 5.75 Å². The number of ether oxygens (including phenoxy) is 1. The van der Waals surface area contributed by atoms with Crippen LogP contribution in [0.4, 0.5) is 0 Å². The highest BCUT2D eigenvalue weighted by atomic mass is 32.2. The number of hydrogen-bond donors (Lipinski definition) is 1. The van der Waals surface area contributed by atoms with E-state index in [0.29, 0.717) is 33.9 Å². The molecule has 4 rings (SSSR count). The first-order valence-electron chi connectivity index (χ1n) is 9.01. The lowest BCUT2D eigenvalue weighted by atomic mass is 10.2. The molecule has 0 saturated heterocycles. The number of sulfonamides is 1. The van der Waals surface area contributed by atoms with Crippen molar-refractivity contribution in [2.45, 2.75) is 24.9 Å². The summed E-state index contributed by atoms with van der Waals surface area (Å²) in [6.07, 6.45) is 0. The van der Waals surface area contributed by atoms with E-state index in [1.54, 1.807) is 42.0 Å². The third-order valence-corrected chi connectivity index (χ3v) is 6.82. The van der Waals surface area contributed by atoms with E-state index < -0.39 is 10.0 Å². The minimum atomic E-state index is -3.83. The Morgan fingerprint density at radius 2 is 2.07 bits per heavy atom. The molecule has 0 bridgehead atoms. The van der Waals surface area contributed by atoms with Crippen molar-refractivity contribution in [2.24, 2.45) is 0 Å². The van der Waals surface area contributed by atoms with Gasteiger partial charge in [0.2, 0.25) is 21.7 Å². The van der Waals surface area contributed by atoms with Crippen LogP contribution in [-0.2, 0) is 23.1 Å². The van der Waals surface area contributed by atoms with Crippen LogP contribution in [0.25, 0.3) is 21.6 Å². The van der Waals surface area contributed by atoms with Gasteiger partial charge < -0.3 is 9.26 Å². The van der Waals surface area contributed by atoms with Crippen LogP contribution in [0.2, 0.25) is 0 Å². The van der Waals surface area contributed by atoms with Gasteiger partial charge >= 0.3 is 4.87 Å². The van der Waals surface area contributed by atoms with Crippen molar-refractivity contribution in [1.82, 2.24) is 19.4 Å². The fourth-order valence-electron chi connectivity index (χ4n) is 2.96. The minimum Gasteiger partial charge on any atom is -0.497 e. The van der Waals surface area contributed by atoms with Crippen LogP contribution in [0.1, 0.15) is 12.8 Å². The van der Waals surface area contributed by atoms with Crippen LogP contribution >= 0.6 is 11.3 Å². The molecule has 0 aliphatic rings. The van der Waals surface area contributed by atoms with E-state index in [1.165, 1.54) is 12.1 Å². The summed E-state index contributed by atoms with van der Waals surface area (Å²) in [5.74, 6) is 1.10. The van der Waals surface area contributed by atoms with Crippen LogP contribution in [0.3, 0.4) is 0 Å². The Bertz CT molecular complexity index is 1370. The Morgan fingerprint density at radius 1 is 1.23 bits per heavy atom. The third kappa shape index (κ3) is 3.86. The third-order valence-electron chi connectivity index (χ3n) is 4.48. The van der Waals surface area contributed by atoms with E-state index >= 15 is 0 Å². The molecule has 0 atom stereocenters. The lowest BCUT2D eigenvalue weighted by Crippen LogP contribution is -2.23. The molecule has 4 aromatic rings. The van der Waals surface area contributed by atoms with E-state index in [2.05, 4.69) is 14.9 Å². The molecule has 156 valence electrons. The summed E-state index contributed by atoms with van der Waals surface area (Å²) in [6.45, 7) is 2.23. The molecule has 2 aromatic carbocycles. The average Bonchev–Trinajstić information content (AvgIpc) is 3.35. The minimum absolute atomic E-state index is 0.0621. The second-order valence-corrected chi connectivity index (χ2v) is 9.07. The Balaban J connectivity index is 1.52. The van der Waals surface area contributed by atoms with Crippen molar-refractivity contribution in [1.29, 1.82) is 0 Å². The number of fused-ring (bicyclic) bond motifs is 1. The Morgan fingerprint density at radius 3 is 2.83 bits per heavy atom. The summed E-state index contributed by atoms with van der Waals surface area (Å²) >= 11 is 1.02. The van der Waals surface area contributed by atoms with Gasteiger partial charge in [0.15, 0.2) is 0 Å². The van der Waals surface area contributed by atoms with Gasteiger partial charge in [0, 0.05) is 12.1 Å². The van der Waals surface area contributed by atoms with Gasteiger partial charge in [0.1, 0.15) is 5.75 Å². The molecule has 0 unspecified atom stereocenters. The molecule has 0 saturated carbocycles. The second-order valence-electron chi connectivity index (χ2n) is 6.31. The lowest BCUT2D eigenvalue weighted by molar-refractivity contribution is 0.376. The van der Waals surface area contributed by atoms with Crippen molar-refractivity contribution in [2.75, 3.05) is 7.11 Å². The van der Waals surface area contributed by atoms with Crippen molar-refractivity contribution in [3.05, 3.63) is 58.0 Å². The molecule has 30 heavy (non-hydrogen) atoms. The SMILES string of the molecule is CCn1c(=O)sc2cc(S(=O)(=O)NCc3nc(-c4cccc(OC)c4)no3)ccc21. The summed E-state index contributed by atoms with van der Waals surface area (Å²) < 4.78 is 40.3. The number of aryl methyl sites for hydroxylation is 1. The Hall–Kier alpha value is -3.02. The molecule has 11 heteroatoms. The maximum Gasteiger partial charge on any atom is 0.308 e. The molecule has 0 spiro atoms. The van der Waals surface area contributed by atoms with Gasteiger partial charge in [0.05, 0.1) is 28.8 Å². The van der Waals surface area contributed by atoms with Gasteiger partial charge in [-0.05, 0) is 37.3 Å². The molecule has 0 aliphatic carbocycles. The highest BCUT2D eigenvalue weighted by molar-refractivity contribution is 7.89. The first kappa shape index (κ1) is 20.3. The first-order valence-corrected chi connectivity index (χ1v) is 11.3. The first-order chi connectivity index (χ1) is 14.4. The van der Waals surface area contributed by atoms with Gasteiger partial charge in [-0.2, -0.15) is 4.98 Å². The number of benzene rings is 2. The fraction of sp³-hybridized carbons (Fsp3) is 0.211. The molecular formula is C19H18N4O5S2. The zero-order valence-corrected chi connectivity index (χ0v) is 17.8. The number of methoxy groups -OCH3 is 1. The molecule has 0 radical (unpaired) electrons. The number of rotatable bonds is 7. The maximum atomic E-state index is 12.7. The van der Waals surface area contributed by atoms with E-state index in [-0.39, 0.29) is 22.2 Å². The molecule has 9 nitrogen and oxygen atoms in total. The lowest BCUT2D eigenvalue weighted by Gasteiger charge is -2.05. The van der Waals surface area contributed by atoms with Crippen LogP contribution < -0.4 is 14.3 Å². The quantitative estimate of drug-likeness (QED) is 0.464. The summed E-state index contributed by atoms with van der Waals surface area (Å²) in [6, 6.07) is 11.7. The highest BCUT2D eigenvalue weighted by Gasteiger charge is 2.18. The smallest absolute Gasteiger partial charge is 0.308 e. The molecule has 2 aromatic heterocycles. The molecule has 2 heterocycles. The van der Waals surface area contributed by atoms with Crippen molar-refractivity contribution < 1.29 is 17.7 Å². The number of nitrogens with zero attached hydrogens (tertiary/aromatic N) is 3. The summed E-state index contributed by atoms with van der Waals surface area (Å²) in [7, 11) is -2.27. The van der Waals surface area contributed by atoms with Crippen LogP contribution in [-0.4, -0.2) is 30.2 Å². The van der Waals surface area contributed by atoms with E-state index in [4.69, 9.17) is 9.26 Å². The maximum absolute atomic E-state index is 12.7. The zero-order valence-electron chi connectivity index (χ0n) is 16.2. The second kappa shape index (κ2) is 8.01. The molecule has 0 aliphatic heterocycles. The predicted molar refractivity (Wildman–Crippen MR) is 112 cm³/mol. The van der Waals surface area contributed by atoms with Gasteiger partial charge in [-0.3, -0.25) is 9.36 Å². The predicted octanol–water partition coefficient (Wildman–Crippen LogP) is 2.62. The standard InChI is InChI=1S/C19H18N4O5S2/c1-3-23-15-8-7-14(10-16(15)29-19(23)24)30(25,26)20-11-17-21-18(22-28-17)12-5-4-6-13(9-12)27-2/h4-10,20H,3,11H2,1-2H3. The average molecular weight is 447 g/mol.